The van der Waals surface area contributed by atoms with Crippen molar-refractivity contribution in [3.63, 3.8) is 0 Å². The Balaban J connectivity index is 0.00000208. The van der Waals surface area contributed by atoms with Crippen molar-refractivity contribution in [1.29, 1.82) is 0 Å². The third-order valence-corrected chi connectivity index (χ3v) is 5.52. The number of carbonyl (C=O) groups is 1. The molecule has 7 heteroatoms. The molecule has 2 atom stereocenters. The van der Waals surface area contributed by atoms with E-state index in [4.69, 9.17) is 0 Å². The number of aromatic nitrogens is 2. The minimum atomic E-state index is 0. The maximum atomic E-state index is 13.0. The SMILES string of the molecule is CCN(CCc1cccs1)C(=O)[C@H]1CNC[C@@H]1c1cnn(C)c1.Cl. The zero-order chi connectivity index (χ0) is 16.2. The minimum absolute atomic E-state index is 0. The molecule has 3 rings (SSSR count). The lowest BCUT2D eigenvalue weighted by Crippen LogP contribution is -2.39. The molecule has 5 nitrogen and oxygen atoms in total. The number of amides is 1. The number of nitrogens with zero attached hydrogens (tertiary/aromatic N) is 3. The molecule has 24 heavy (non-hydrogen) atoms. The van der Waals surface area contributed by atoms with Crippen LogP contribution >= 0.6 is 23.7 Å². The fourth-order valence-electron chi connectivity index (χ4n) is 3.28. The third kappa shape index (κ3) is 4.18. The highest BCUT2D eigenvalue weighted by Crippen LogP contribution is 2.29. The molecule has 0 bridgehead atoms. The Labute approximate surface area is 153 Å². The first-order valence-corrected chi connectivity index (χ1v) is 9.07. The van der Waals surface area contributed by atoms with Gasteiger partial charge in [-0.2, -0.15) is 5.10 Å². The van der Waals surface area contributed by atoms with Crippen LogP contribution in [0, 0.1) is 5.92 Å². The molecule has 1 saturated heterocycles. The van der Waals surface area contributed by atoms with E-state index in [2.05, 4.69) is 34.9 Å². The van der Waals surface area contributed by atoms with Crippen LogP contribution in [0.25, 0.3) is 0 Å². The van der Waals surface area contributed by atoms with Gasteiger partial charge in [0.15, 0.2) is 0 Å². The summed E-state index contributed by atoms with van der Waals surface area (Å²) in [7, 11) is 1.92. The van der Waals surface area contributed by atoms with Gasteiger partial charge < -0.3 is 10.2 Å². The van der Waals surface area contributed by atoms with E-state index in [1.165, 1.54) is 4.88 Å². The highest BCUT2D eigenvalue weighted by Gasteiger charge is 2.36. The summed E-state index contributed by atoms with van der Waals surface area (Å²) in [6.07, 6.45) is 4.86. The summed E-state index contributed by atoms with van der Waals surface area (Å²) in [4.78, 5) is 16.3. The highest BCUT2D eigenvalue weighted by atomic mass is 35.5. The Morgan fingerprint density at radius 3 is 2.96 bits per heavy atom. The van der Waals surface area contributed by atoms with E-state index in [1.807, 2.05) is 29.0 Å². The van der Waals surface area contributed by atoms with Crippen molar-refractivity contribution in [2.75, 3.05) is 26.2 Å². The number of nitrogens with one attached hydrogen (secondary N) is 1. The predicted octanol–water partition coefficient (Wildman–Crippen LogP) is 2.30. The maximum Gasteiger partial charge on any atom is 0.227 e. The number of aryl methyl sites for hydroxylation is 1. The fourth-order valence-corrected chi connectivity index (χ4v) is 3.98. The second kappa shape index (κ2) is 8.65. The molecule has 0 aromatic carbocycles. The van der Waals surface area contributed by atoms with Crippen LogP contribution in [0.5, 0.6) is 0 Å². The quantitative estimate of drug-likeness (QED) is 0.851. The topological polar surface area (TPSA) is 50.2 Å². The number of likely N-dealkylation sites (N-methyl/N-ethyl adjacent to an activating group) is 1. The molecule has 0 aliphatic carbocycles. The second-order valence-corrected chi connectivity index (χ2v) is 7.10. The van der Waals surface area contributed by atoms with Crippen LogP contribution in [0.3, 0.4) is 0 Å². The van der Waals surface area contributed by atoms with Crippen LogP contribution in [0.2, 0.25) is 0 Å². The Morgan fingerprint density at radius 2 is 2.33 bits per heavy atom. The first-order chi connectivity index (χ1) is 11.2. The second-order valence-electron chi connectivity index (χ2n) is 6.07. The van der Waals surface area contributed by atoms with E-state index in [1.54, 1.807) is 11.3 Å². The summed E-state index contributed by atoms with van der Waals surface area (Å²) in [5, 5.41) is 9.72. The van der Waals surface area contributed by atoms with Gasteiger partial charge >= 0.3 is 0 Å². The van der Waals surface area contributed by atoms with Crippen molar-refractivity contribution in [3.8, 4) is 0 Å². The maximum absolute atomic E-state index is 13.0. The van der Waals surface area contributed by atoms with Crippen molar-refractivity contribution in [2.24, 2.45) is 13.0 Å². The van der Waals surface area contributed by atoms with Crippen LogP contribution in [0.1, 0.15) is 23.3 Å². The molecule has 1 aliphatic heterocycles. The first kappa shape index (κ1) is 19.0. The molecule has 1 fully saturated rings. The summed E-state index contributed by atoms with van der Waals surface area (Å²) in [5.41, 5.74) is 1.16. The summed E-state index contributed by atoms with van der Waals surface area (Å²) < 4.78 is 1.81. The molecule has 2 aromatic rings. The van der Waals surface area contributed by atoms with E-state index in [-0.39, 0.29) is 30.2 Å². The highest BCUT2D eigenvalue weighted by molar-refractivity contribution is 7.09. The molecule has 1 N–H and O–H groups in total. The molecular formula is C17H25ClN4OS. The molecule has 0 spiro atoms. The molecule has 0 saturated carbocycles. The van der Waals surface area contributed by atoms with E-state index in [0.717, 1.165) is 38.2 Å². The zero-order valence-electron chi connectivity index (χ0n) is 14.1. The molecule has 3 heterocycles. The largest absolute Gasteiger partial charge is 0.342 e. The van der Waals surface area contributed by atoms with E-state index in [0.29, 0.717) is 0 Å². The summed E-state index contributed by atoms with van der Waals surface area (Å²) in [5.74, 6) is 0.511. The van der Waals surface area contributed by atoms with E-state index in [9.17, 15) is 4.79 Å². The Kier molecular flexibility index (Phi) is 6.83. The van der Waals surface area contributed by atoms with Gasteiger partial charge in [0.2, 0.25) is 5.91 Å². The monoisotopic (exact) mass is 368 g/mol. The number of rotatable bonds is 6. The number of hydrogen-bond donors (Lipinski definition) is 1. The lowest BCUT2D eigenvalue weighted by atomic mass is 9.89. The van der Waals surface area contributed by atoms with Crippen LogP contribution in [0.15, 0.2) is 29.9 Å². The Bertz CT molecular complexity index is 643. The third-order valence-electron chi connectivity index (χ3n) is 4.59. The summed E-state index contributed by atoms with van der Waals surface area (Å²) in [6, 6.07) is 4.20. The van der Waals surface area contributed by atoms with Crippen molar-refractivity contribution < 1.29 is 4.79 Å². The minimum Gasteiger partial charge on any atom is -0.342 e. The van der Waals surface area contributed by atoms with Gasteiger partial charge in [0.25, 0.3) is 0 Å². The number of thiophene rings is 1. The molecule has 1 aliphatic rings. The normalized spacial score (nSPS) is 19.9. The smallest absolute Gasteiger partial charge is 0.227 e. The molecule has 0 radical (unpaired) electrons. The van der Waals surface area contributed by atoms with Crippen LogP contribution in [-0.2, 0) is 18.3 Å². The average Bonchev–Trinajstić information content (AvgIpc) is 3.28. The predicted molar refractivity (Wildman–Crippen MR) is 99.8 cm³/mol. The van der Waals surface area contributed by atoms with Gasteiger partial charge in [0.1, 0.15) is 0 Å². The average molecular weight is 369 g/mol. The molecule has 132 valence electrons. The molecule has 2 aromatic heterocycles. The van der Waals surface area contributed by atoms with Crippen molar-refractivity contribution >= 4 is 29.7 Å². The van der Waals surface area contributed by atoms with Crippen LogP contribution in [-0.4, -0.2) is 46.8 Å². The van der Waals surface area contributed by atoms with Crippen LogP contribution in [0.4, 0.5) is 0 Å². The van der Waals surface area contributed by atoms with Gasteiger partial charge in [-0.1, -0.05) is 6.07 Å². The van der Waals surface area contributed by atoms with E-state index < -0.39 is 0 Å². The van der Waals surface area contributed by atoms with E-state index >= 15 is 0 Å². The molecular weight excluding hydrogens is 344 g/mol. The van der Waals surface area contributed by atoms with Gasteiger partial charge in [0, 0.05) is 50.2 Å². The van der Waals surface area contributed by atoms with Crippen LogP contribution < -0.4 is 5.32 Å². The standard InChI is InChI=1S/C17H24N4OS.ClH/c1-3-21(7-6-14-5-4-8-23-14)17(22)16-11-18-10-15(16)13-9-19-20(2)12-13;/h4-5,8-9,12,15-16,18H,3,6-7,10-11H2,1-2H3;1H/t15-,16+;/m1./s1. The van der Waals surface area contributed by atoms with Gasteiger partial charge in [-0.3, -0.25) is 9.48 Å². The van der Waals surface area contributed by atoms with Crippen molar-refractivity contribution in [1.82, 2.24) is 20.0 Å². The van der Waals surface area contributed by atoms with Gasteiger partial charge in [-0.05, 0) is 30.4 Å². The fraction of sp³-hybridized carbons (Fsp3) is 0.529. The summed E-state index contributed by atoms with van der Waals surface area (Å²) >= 11 is 1.76. The summed E-state index contributed by atoms with van der Waals surface area (Å²) in [6.45, 7) is 5.23. The lowest BCUT2D eigenvalue weighted by Gasteiger charge is -2.26. The van der Waals surface area contributed by atoms with Crippen molar-refractivity contribution in [3.05, 3.63) is 40.3 Å². The number of hydrogen-bond acceptors (Lipinski definition) is 4. The van der Waals surface area contributed by atoms with Crippen molar-refractivity contribution in [2.45, 2.75) is 19.3 Å². The Hall–Kier alpha value is -1.37. The zero-order valence-corrected chi connectivity index (χ0v) is 15.8. The number of halogens is 1. The Morgan fingerprint density at radius 1 is 1.50 bits per heavy atom. The molecule has 1 amide bonds. The van der Waals surface area contributed by atoms with Gasteiger partial charge in [-0.15, -0.1) is 23.7 Å². The first-order valence-electron chi connectivity index (χ1n) is 8.19. The van der Waals surface area contributed by atoms with Gasteiger partial charge in [0.05, 0.1) is 12.1 Å². The lowest BCUT2D eigenvalue weighted by molar-refractivity contribution is -0.135. The number of carbonyl (C=O) groups excluding carboxylic acids is 1. The molecule has 0 unspecified atom stereocenters. The van der Waals surface area contributed by atoms with Gasteiger partial charge in [-0.25, -0.2) is 0 Å².